The van der Waals surface area contributed by atoms with Crippen LogP contribution in [-0.2, 0) is 6.42 Å². The molecule has 0 saturated heterocycles. The van der Waals surface area contributed by atoms with Gasteiger partial charge in [0.2, 0.25) is 0 Å². The Kier molecular flexibility index (Phi) is 4.69. The molecule has 3 N–H and O–H groups in total. The predicted molar refractivity (Wildman–Crippen MR) is 79.0 cm³/mol. The van der Waals surface area contributed by atoms with E-state index in [9.17, 15) is 4.39 Å². The second kappa shape index (κ2) is 6.28. The number of halogens is 2. The molecule has 0 bridgehead atoms. The second-order valence-corrected chi connectivity index (χ2v) is 5.47. The van der Waals surface area contributed by atoms with Crippen LogP contribution in [0.3, 0.4) is 0 Å². The Bertz CT molecular complexity index is 555. The molecule has 0 amide bonds. The zero-order chi connectivity index (χ0) is 13.8. The SMILES string of the molecule is Cc1ccc(F)cc1C(Cc1ccc(Br)cc1)NN. The van der Waals surface area contributed by atoms with Crippen molar-refractivity contribution in [3.8, 4) is 0 Å². The van der Waals surface area contributed by atoms with E-state index in [-0.39, 0.29) is 11.9 Å². The molecule has 0 heterocycles. The van der Waals surface area contributed by atoms with Gasteiger partial charge < -0.3 is 0 Å². The van der Waals surface area contributed by atoms with Gasteiger partial charge in [0, 0.05) is 4.47 Å². The highest BCUT2D eigenvalue weighted by atomic mass is 79.9. The fourth-order valence-electron chi connectivity index (χ4n) is 2.10. The van der Waals surface area contributed by atoms with Gasteiger partial charge in [0.05, 0.1) is 6.04 Å². The Morgan fingerprint density at radius 2 is 1.89 bits per heavy atom. The summed E-state index contributed by atoms with van der Waals surface area (Å²) >= 11 is 3.40. The maximum atomic E-state index is 13.4. The summed E-state index contributed by atoms with van der Waals surface area (Å²) < 4.78 is 14.4. The standard InChI is InChI=1S/C15H16BrFN2/c1-10-2-7-13(17)9-14(10)15(19-18)8-11-3-5-12(16)6-4-11/h2-7,9,15,19H,8,18H2,1H3. The second-order valence-electron chi connectivity index (χ2n) is 4.55. The van der Waals surface area contributed by atoms with Crippen LogP contribution in [0.25, 0.3) is 0 Å². The third-order valence-corrected chi connectivity index (χ3v) is 3.70. The zero-order valence-electron chi connectivity index (χ0n) is 10.7. The number of nitrogens with one attached hydrogen (secondary N) is 1. The first-order valence-corrected chi connectivity index (χ1v) is 6.86. The van der Waals surface area contributed by atoms with Crippen LogP contribution in [0.2, 0.25) is 0 Å². The van der Waals surface area contributed by atoms with E-state index in [2.05, 4.69) is 21.4 Å². The summed E-state index contributed by atoms with van der Waals surface area (Å²) in [6.07, 6.45) is 0.716. The molecule has 0 aliphatic carbocycles. The topological polar surface area (TPSA) is 38.0 Å². The van der Waals surface area contributed by atoms with Gasteiger partial charge in [-0.05, 0) is 54.3 Å². The number of benzene rings is 2. The minimum atomic E-state index is -0.239. The fraction of sp³-hybridized carbons (Fsp3) is 0.200. The van der Waals surface area contributed by atoms with Crippen LogP contribution < -0.4 is 11.3 Å². The van der Waals surface area contributed by atoms with Gasteiger partial charge in [0.25, 0.3) is 0 Å². The quantitative estimate of drug-likeness (QED) is 0.666. The van der Waals surface area contributed by atoms with Gasteiger partial charge in [-0.3, -0.25) is 11.3 Å². The molecule has 1 atom stereocenters. The minimum Gasteiger partial charge on any atom is -0.271 e. The molecule has 19 heavy (non-hydrogen) atoms. The van der Waals surface area contributed by atoms with Crippen molar-refractivity contribution in [3.63, 3.8) is 0 Å². The van der Waals surface area contributed by atoms with Crippen LogP contribution in [-0.4, -0.2) is 0 Å². The van der Waals surface area contributed by atoms with Crippen molar-refractivity contribution in [2.24, 2.45) is 5.84 Å². The molecule has 0 fully saturated rings. The Morgan fingerprint density at radius 1 is 1.21 bits per heavy atom. The van der Waals surface area contributed by atoms with Crippen LogP contribution in [0.15, 0.2) is 46.9 Å². The van der Waals surface area contributed by atoms with E-state index in [1.54, 1.807) is 12.1 Å². The van der Waals surface area contributed by atoms with Crippen molar-refractivity contribution in [1.29, 1.82) is 0 Å². The van der Waals surface area contributed by atoms with Crippen LogP contribution in [0, 0.1) is 12.7 Å². The number of hydrazine groups is 1. The molecular formula is C15H16BrFN2. The van der Waals surface area contributed by atoms with Gasteiger partial charge >= 0.3 is 0 Å². The third kappa shape index (κ3) is 3.62. The molecule has 0 aliphatic heterocycles. The van der Waals surface area contributed by atoms with E-state index in [1.807, 2.05) is 31.2 Å². The molecule has 2 aromatic rings. The first-order valence-electron chi connectivity index (χ1n) is 6.07. The number of hydrogen-bond donors (Lipinski definition) is 2. The largest absolute Gasteiger partial charge is 0.271 e. The molecular weight excluding hydrogens is 307 g/mol. The summed E-state index contributed by atoms with van der Waals surface area (Å²) in [5, 5.41) is 0. The zero-order valence-corrected chi connectivity index (χ0v) is 12.2. The van der Waals surface area contributed by atoms with E-state index in [1.165, 1.54) is 6.07 Å². The van der Waals surface area contributed by atoms with Crippen molar-refractivity contribution >= 4 is 15.9 Å². The summed E-state index contributed by atoms with van der Waals surface area (Å²) in [4.78, 5) is 0. The third-order valence-electron chi connectivity index (χ3n) is 3.17. The van der Waals surface area contributed by atoms with Crippen molar-refractivity contribution in [2.75, 3.05) is 0 Å². The average molecular weight is 323 g/mol. The van der Waals surface area contributed by atoms with Crippen molar-refractivity contribution in [3.05, 3.63) is 69.4 Å². The smallest absolute Gasteiger partial charge is 0.123 e. The lowest BCUT2D eigenvalue weighted by Gasteiger charge is -2.19. The molecule has 2 nitrogen and oxygen atoms in total. The van der Waals surface area contributed by atoms with Crippen LogP contribution in [0.4, 0.5) is 4.39 Å². The molecule has 0 saturated carbocycles. The lowest BCUT2D eigenvalue weighted by Crippen LogP contribution is -2.30. The molecule has 4 heteroatoms. The molecule has 0 spiro atoms. The molecule has 0 radical (unpaired) electrons. The predicted octanol–water partition coefficient (Wildman–Crippen LogP) is 3.64. The van der Waals surface area contributed by atoms with Gasteiger partial charge in [0.1, 0.15) is 5.82 Å². The number of rotatable bonds is 4. The molecule has 100 valence electrons. The summed E-state index contributed by atoms with van der Waals surface area (Å²) in [6.45, 7) is 1.96. The average Bonchev–Trinajstić information content (AvgIpc) is 2.41. The molecule has 1 unspecified atom stereocenters. The Balaban J connectivity index is 2.24. The summed E-state index contributed by atoms with van der Waals surface area (Å²) in [5.41, 5.74) is 5.84. The highest BCUT2D eigenvalue weighted by Gasteiger charge is 2.13. The van der Waals surface area contributed by atoms with Gasteiger partial charge in [-0.15, -0.1) is 0 Å². The highest BCUT2D eigenvalue weighted by molar-refractivity contribution is 9.10. The Hall–Kier alpha value is -1.23. The van der Waals surface area contributed by atoms with Crippen LogP contribution >= 0.6 is 15.9 Å². The van der Waals surface area contributed by atoms with Gasteiger partial charge in [-0.2, -0.15) is 0 Å². The molecule has 0 aromatic heterocycles. The number of hydrogen-bond acceptors (Lipinski definition) is 2. The van der Waals surface area contributed by atoms with Crippen molar-refractivity contribution < 1.29 is 4.39 Å². The van der Waals surface area contributed by atoms with Crippen molar-refractivity contribution in [2.45, 2.75) is 19.4 Å². The van der Waals surface area contributed by atoms with E-state index in [0.717, 1.165) is 21.2 Å². The van der Waals surface area contributed by atoms with E-state index in [0.29, 0.717) is 6.42 Å². The fourth-order valence-corrected chi connectivity index (χ4v) is 2.37. The normalized spacial score (nSPS) is 12.4. The lowest BCUT2D eigenvalue weighted by molar-refractivity contribution is 0.541. The summed E-state index contributed by atoms with van der Waals surface area (Å²) in [6, 6.07) is 12.7. The highest BCUT2D eigenvalue weighted by Crippen LogP contribution is 2.23. The maximum absolute atomic E-state index is 13.4. The Labute approximate surface area is 120 Å². The molecule has 2 rings (SSSR count). The first-order chi connectivity index (χ1) is 9.10. The number of aryl methyl sites for hydroxylation is 1. The van der Waals surface area contributed by atoms with Gasteiger partial charge in [-0.25, -0.2) is 4.39 Å². The van der Waals surface area contributed by atoms with E-state index in [4.69, 9.17) is 5.84 Å². The lowest BCUT2D eigenvalue weighted by atomic mass is 9.96. The summed E-state index contributed by atoms with van der Waals surface area (Å²) in [7, 11) is 0. The van der Waals surface area contributed by atoms with E-state index < -0.39 is 0 Å². The Morgan fingerprint density at radius 3 is 2.53 bits per heavy atom. The van der Waals surface area contributed by atoms with Crippen LogP contribution in [0.5, 0.6) is 0 Å². The van der Waals surface area contributed by atoms with Crippen LogP contribution in [0.1, 0.15) is 22.7 Å². The monoisotopic (exact) mass is 322 g/mol. The van der Waals surface area contributed by atoms with Crippen molar-refractivity contribution in [1.82, 2.24) is 5.43 Å². The van der Waals surface area contributed by atoms with Gasteiger partial charge in [-0.1, -0.05) is 34.1 Å². The summed E-state index contributed by atoms with van der Waals surface area (Å²) in [5.74, 6) is 5.38. The van der Waals surface area contributed by atoms with Gasteiger partial charge in [0.15, 0.2) is 0 Å². The maximum Gasteiger partial charge on any atom is 0.123 e. The minimum absolute atomic E-state index is 0.100. The molecule has 0 aliphatic rings. The van der Waals surface area contributed by atoms with E-state index >= 15 is 0 Å². The number of nitrogens with two attached hydrogens (primary N) is 1. The molecule has 2 aromatic carbocycles. The first kappa shape index (κ1) is 14.2.